The summed E-state index contributed by atoms with van der Waals surface area (Å²) in [5.41, 5.74) is 3.21. The maximum absolute atomic E-state index is 13.6. The van der Waals surface area contributed by atoms with Gasteiger partial charge < -0.3 is 19.5 Å². The average molecular weight is 699 g/mol. The highest BCUT2D eigenvalue weighted by Crippen LogP contribution is 2.46. The number of hydrogen-bond donors (Lipinski definition) is 2. The first kappa shape index (κ1) is 36.4. The molecule has 0 radical (unpaired) electrons. The van der Waals surface area contributed by atoms with Crippen molar-refractivity contribution in [2.75, 3.05) is 38.3 Å². The molecule has 1 heterocycles. The van der Waals surface area contributed by atoms with Crippen molar-refractivity contribution in [1.82, 2.24) is 4.72 Å². The molecule has 48 heavy (non-hydrogen) atoms. The summed E-state index contributed by atoms with van der Waals surface area (Å²) in [4.78, 5) is 15.9. The summed E-state index contributed by atoms with van der Waals surface area (Å²) in [6.07, 6.45) is 13.2. The quantitative estimate of drug-likeness (QED) is 0.193. The number of methoxy groups -OCH3 is 1. The SMILES string of the molecule is C=CCC[C@@H](CCOC)S(=O)(=O)NC(=O)c1ccc2c(c1)N(C[C@@H]1CC[C@H]1[C@@H](O)/C=C/CCC)C[C@@]1(CCCc3cc(Cl)ccc31)CO2. The number of aryl methyl sites for hydroxylation is 1. The zero-order valence-electron chi connectivity index (χ0n) is 28.3. The summed E-state index contributed by atoms with van der Waals surface area (Å²) in [5, 5.41) is 11.0. The van der Waals surface area contributed by atoms with Crippen LogP contribution in [0.15, 0.2) is 61.2 Å². The van der Waals surface area contributed by atoms with E-state index in [4.69, 9.17) is 21.1 Å². The Bertz CT molecular complexity index is 1580. The molecule has 1 saturated carbocycles. The van der Waals surface area contributed by atoms with Crippen molar-refractivity contribution in [3.63, 3.8) is 0 Å². The van der Waals surface area contributed by atoms with E-state index in [1.807, 2.05) is 12.1 Å². The average Bonchev–Trinajstić information content (AvgIpc) is 3.19. The highest BCUT2D eigenvalue weighted by molar-refractivity contribution is 7.90. The molecule has 3 aliphatic rings. The Kier molecular flexibility index (Phi) is 12.3. The number of sulfonamides is 1. The van der Waals surface area contributed by atoms with Gasteiger partial charge in [-0.05, 0) is 111 Å². The lowest BCUT2D eigenvalue weighted by Gasteiger charge is -2.45. The summed E-state index contributed by atoms with van der Waals surface area (Å²) < 4.78 is 40.8. The molecule has 1 spiro atoms. The van der Waals surface area contributed by atoms with Gasteiger partial charge in [0.1, 0.15) is 5.75 Å². The molecule has 2 aliphatic carbocycles. The molecule has 0 bridgehead atoms. The third-order valence-electron chi connectivity index (χ3n) is 10.5. The molecule has 2 N–H and O–H groups in total. The van der Waals surface area contributed by atoms with E-state index in [1.165, 1.54) is 18.2 Å². The lowest BCUT2D eigenvalue weighted by atomic mass is 9.68. The number of allylic oxidation sites excluding steroid dienone is 2. The highest BCUT2D eigenvalue weighted by atomic mass is 35.5. The summed E-state index contributed by atoms with van der Waals surface area (Å²) in [7, 11) is -2.45. The maximum Gasteiger partial charge on any atom is 0.264 e. The van der Waals surface area contributed by atoms with E-state index in [-0.39, 0.29) is 35.8 Å². The van der Waals surface area contributed by atoms with Crippen LogP contribution in [0.3, 0.4) is 0 Å². The Morgan fingerprint density at radius 2 is 2.06 bits per heavy atom. The predicted octanol–water partition coefficient (Wildman–Crippen LogP) is 6.99. The van der Waals surface area contributed by atoms with Gasteiger partial charge in [-0.3, -0.25) is 4.79 Å². The van der Waals surface area contributed by atoms with Crippen LogP contribution in [0.1, 0.15) is 86.2 Å². The fraction of sp³-hybridized carbons (Fsp3) is 0.553. The minimum atomic E-state index is -3.97. The van der Waals surface area contributed by atoms with Crippen molar-refractivity contribution in [1.29, 1.82) is 0 Å². The van der Waals surface area contributed by atoms with Gasteiger partial charge in [0.25, 0.3) is 5.91 Å². The van der Waals surface area contributed by atoms with Crippen LogP contribution in [0.5, 0.6) is 5.75 Å². The summed E-state index contributed by atoms with van der Waals surface area (Å²) >= 11 is 6.42. The molecule has 1 aliphatic heterocycles. The topological polar surface area (TPSA) is 105 Å². The van der Waals surface area contributed by atoms with E-state index in [0.717, 1.165) is 55.7 Å². The number of aliphatic hydroxyl groups excluding tert-OH is 1. The van der Waals surface area contributed by atoms with Gasteiger partial charge in [0.15, 0.2) is 0 Å². The molecule has 2 aromatic rings. The molecule has 5 rings (SSSR count). The summed E-state index contributed by atoms with van der Waals surface area (Å²) in [6.45, 7) is 7.95. The molecule has 1 amide bonds. The number of nitrogens with zero attached hydrogens (tertiary/aromatic N) is 1. The molecule has 2 aromatic carbocycles. The standard InChI is InChI=1S/C38H51ClN2O6S/c1-4-6-8-12-35(42)32-16-13-29(32)24-41-25-38(20-9-10-27-22-30(39)15-17-33(27)38)26-47-36-18-14-28(23-34(36)41)37(43)40-48(44,45)31(11-7-5-2)19-21-46-3/h5,8,12,14-15,17-18,22-23,29,31-32,35,42H,2,4,6-7,9-11,13,16,19-21,24-26H2,1,3H3,(H,40,43)/b12-8+/t29-,31-,32+,35-,38-/m0/s1. The molecule has 5 atom stereocenters. The second kappa shape index (κ2) is 16.2. The zero-order valence-corrected chi connectivity index (χ0v) is 29.9. The van der Waals surface area contributed by atoms with Gasteiger partial charge in [-0.15, -0.1) is 6.58 Å². The smallest absolute Gasteiger partial charge is 0.264 e. The second-order valence-electron chi connectivity index (χ2n) is 13.7. The van der Waals surface area contributed by atoms with Crippen molar-refractivity contribution in [2.45, 2.75) is 87.9 Å². The lowest BCUT2D eigenvalue weighted by Crippen LogP contribution is -2.49. The maximum atomic E-state index is 13.6. The van der Waals surface area contributed by atoms with Crippen molar-refractivity contribution >= 4 is 33.2 Å². The molecule has 0 aromatic heterocycles. The number of ether oxygens (including phenoxy) is 2. The van der Waals surface area contributed by atoms with E-state index in [9.17, 15) is 18.3 Å². The van der Waals surface area contributed by atoms with Crippen LogP contribution in [0.4, 0.5) is 5.69 Å². The number of amides is 1. The number of aliphatic hydroxyl groups is 1. The first-order valence-electron chi connectivity index (χ1n) is 17.4. The Balaban J connectivity index is 1.46. The molecule has 8 nitrogen and oxygen atoms in total. The van der Waals surface area contributed by atoms with Crippen molar-refractivity contribution < 1.29 is 27.8 Å². The molecule has 262 valence electrons. The van der Waals surface area contributed by atoms with Crippen LogP contribution in [-0.4, -0.2) is 64.2 Å². The number of fused-ring (bicyclic) bond motifs is 3. The predicted molar refractivity (Wildman–Crippen MR) is 193 cm³/mol. The Labute approximate surface area is 291 Å². The van der Waals surface area contributed by atoms with E-state index in [0.29, 0.717) is 38.3 Å². The molecule has 10 heteroatoms. The molecule has 1 fully saturated rings. The van der Waals surface area contributed by atoms with Gasteiger partial charge in [-0.2, -0.15) is 0 Å². The summed E-state index contributed by atoms with van der Waals surface area (Å²) in [6, 6.07) is 11.3. The van der Waals surface area contributed by atoms with E-state index in [1.54, 1.807) is 24.3 Å². The van der Waals surface area contributed by atoms with Crippen LogP contribution >= 0.6 is 11.6 Å². The van der Waals surface area contributed by atoms with Crippen LogP contribution in [0, 0.1) is 11.8 Å². The molecule has 0 unspecified atom stereocenters. The monoisotopic (exact) mass is 698 g/mol. The third kappa shape index (κ3) is 8.29. The number of nitrogens with one attached hydrogen (secondary N) is 1. The van der Waals surface area contributed by atoms with E-state index < -0.39 is 27.3 Å². The van der Waals surface area contributed by atoms with Crippen molar-refractivity contribution in [3.05, 3.63) is 82.9 Å². The number of unbranched alkanes of at least 4 members (excludes halogenated alkanes) is 1. The first-order chi connectivity index (χ1) is 23.1. The fourth-order valence-electron chi connectivity index (χ4n) is 7.63. The zero-order chi connectivity index (χ0) is 34.3. The summed E-state index contributed by atoms with van der Waals surface area (Å²) in [5.74, 6) is 0.395. The third-order valence-corrected chi connectivity index (χ3v) is 12.5. The number of rotatable bonds is 15. The normalized spacial score (nSPS) is 23.4. The Hall–Kier alpha value is -2.85. The molecular weight excluding hydrogens is 648 g/mol. The van der Waals surface area contributed by atoms with Gasteiger partial charge in [0.05, 0.1) is 23.6 Å². The number of anilines is 1. The van der Waals surface area contributed by atoms with Gasteiger partial charge in [0, 0.05) is 42.8 Å². The van der Waals surface area contributed by atoms with Gasteiger partial charge >= 0.3 is 0 Å². The van der Waals surface area contributed by atoms with Crippen molar-refractivity contribution in [3.8, 4) is 5.75 Å². The van der Waals surface area contributed by atoms with Crippen molar-refractivity contribution in [2.24, 2.45) is 11.8 Å². The Morgan fingerprint density at radius 3 is 2.79 bits per heavy atom. The minimum Gasteiger partial charge on any atom is -0.490 e. The van der Waals surface area contributed by atoms with Gasteiger partial charge in [-0.25, -0.2) is 13.1 Å². The number of carbonyl (C=O) groups excluding carboxylic acids is 1. The van der Waals surface area contributed by atoms with Crippen LogP contribution in [0.2, 0.25) is 5.02 Å². The lowest BCUT2D eigenvalue weighted by molar-refractivity contribution is 0.0456. The Morgan fingerprint density at radius 1 is 1.23 bits per heavy atom. The number of halogens is 1. The number of benzene rings is 2. The minimum absolute atomic E-state index is 0.148. The van der Waals surface area contributed by atoms with Crippen LogP contribution in [-0.2, 0) is 26.6 Å². The molecule has 0 saturated heterocycles. The van der Waals surface area contributed by atoms with E-state index >= 15 is 0 Å². The number of hydrogen-bond acceptors (Lipinski definition) is 7. The van der Waals surface area contributed by atoms with Crippen LogP contribution < -0.4 is 14.4 Å². The molecular formula is C38H51ClN2O6S. The van der Waals surface area contributed by atoms with Crippen LogP contribution in [0.25, 0.3) is 0 Å². The number of carbonyl (C=O) groups is 1. The largest absolute Gasteiger partial charge is 0.490 e. The highest BCUT2D eigenvalue weighted by Gasteiger charge is 2.44. The first-order valence-corrected chi connectivity index (χ1v) is 19.3. The van der Waals surface area contributed by atoms with Gasteiger partial charge in [-0.1, -0.05) is 49.2 Å². The fourth-order valence-corrected chi connectivity index (χ4v) is 9.22. The van der Waals surface area contributed by atoms with Gasteiger partial charge in [0.2, 0.25) is 10.0 Å². The van der Waals surface area contributed by atoms with E-state index in [2.05, 4.69) is 41.3 Å². The second-order valence-corrected chi connectivity index (χ2v) is 16.1.